The summed E-state index contributed by atoms with van der Waals surface area (Å²) in [5, 5.41) is 2.99. The predicted octanol–water partition coefficient (Wildman–Crippen LogP) is 4.16. The summed E-state index contributed by atoms with van der Waals surface area (Å²) in [5.41, 5.74) is 3.69. The molecular formula is C21H24N2O2S. The molecule has 26 heavy (non-hydrogen) atoms. The molecule has 1 aliphatic heterocycles. The molecule has 5 heteroatoms. The van der Waals surface area contributed by atoms with E-state index < -0.39 is 0 Å². The van der Waals surface area contributed by atoms with Gasteiger partial charge in [-0.05, 0) is 44.0 Å². The van der Waals surface area contributed by atoms with Crippen LogP contribution in [0, 0.1) is 6.92 Å². The average Bonchev–Trinajstić information content (AvgIpc) is 2.65. The number of thioether (sulfide) groups is 1. The summed E-state index contributed by atoms with van der Waals surface area (Å²) in [7, 11) is 0. The topological polar surface area (TPSA) is 49.4 Å². The fourth-order valence-electron chi connectivity index (χ4n) is 2.80. The van der Waals surface area contributed by atoms with E-state index >= 15 is 0 Å². The molecule has 0 aromatic heterocycles. The van der Waals surface area contributed by atoms with Gasteiger partial charge in [-0.1, -0.05) is 36.8 Å². The number of benzene rings is 2. The molecule has 136 valence electrons. The fraction of sp³-hybridized carbons (Fsp3) is 0.333. The van der Waals surface area contributed by atoms with Gasteiger partial charge >= 0.3 is 0 Å². The van der Waals surface area contributed by atoms with Crippen LogP contribution in [-0.4, -0.2) is 23.6 Å². The van der Waals surface area contributed by atoms with Crippen molar-refractivity contribution in [3.05, 3.63) is 59.2 Å². The highest BCUT2D eigenvalue weighted by Crippen LogP contribution is 2.36. The molecule has 2 aromatic carbocycles. The van der Waals surface area contributed by atoms with E-state index in [-0.39, 0.29) is 17.9 Å². The van der Waals surface area contributed by atoms with Gasteiger partial charge in [0.05, 0.1) is 18.0 Å². The standard InChI is InChI=1S/C21H24N2O2S/c1-4-15(3)22-21(25)17-9-10-19-18(11-17)23(20(24)13-26-19)12-16-7-5-14(2)6-8-16/h5-11,15H,4,12-13H2,1-3H3,(H,22,25)/t15-/m1/s1. The van der Waals surface area contributed by atoms with Gasteiger partial charge < -0.3 is 10.2 Å². The zero-order valence-corrected chi connectivity index (χ0v) is 16.2. The smallest absolute Gasteiger partial charge is 0.251 e. The Morgan fingerprint density at radius 2 is 1.96 bits per heavy atom. The van der Waals surface area contributed by atoms with Gasteiger partial charge in [-0.25, -0.2) is 0 Å². The summed E-state index contributed by atoms with van der Waals surface area (Å²) >= 11 is 1.53. The third-order valence-corrected chi connectivity index (χ3v) is 5.66. The Labute approximate surface area is 159 Å². The zero-order chi connectivity index (χ0) is 18.7. The maximum Gasteiger partial charge on any atom is 0.251 e. The highest BCUT2D eigenvalue weighted by atomic mass is 32.2. The number of amides is 2. The molecule has 0 saturated carbocycles. The third kappa shape index (κ3) is 4.10. The number of aryl methyl sites for hydroxylation is 1. The molecule has 1 heterocycles. The Morgan fingerprint density at radius 1 is 1.23 bits per heavy atom. The van der Waals surface area contributed by atoms with Gasteiger partial charge in [0.15, 0.2) is 0 Å². The van der Waals surface area contributed by atoms with Crippen LogP contribution in [0.25, 0.3) is 0 Å². The summed E-state index contributed by atoms with van der Waals surface area (Å²) in [6.45, 7) is 6.59. The Morgan fingerprint density at radius 3 is 2.65 bits per heavy atom. The third-order valence-electron chi connectivity index (χ3n) is 4.62. The average molecular weight is 369 g/mol. The van der Waals surface area contributed by atoms with Gasteiger partial charge in [0.25, 0.3) is 5.91 Å². The van der Waals surface area contributed by atoms with Gasteiger partial charge in [-0.2, -0.15) is 0 Å². The van der Waals surface area contributed by atoms with Crippen molar-refractivity contribution in [2.24, 2.45) is 0 Å². The van der Waals surface area contributed by atoms with E-state index in [4.69, 9.17) is 0 Å². The zero-order valence-electron chi connectivity index (χ0n) is 15.4. The quantitative estimate of drug-likeness (QED) is 0.862. The number of anilines is 1. The second-order valence-corrected chi connectivity index (χ2v) is 7.74. The Bertz CT molecular complexity index is 817. The van der Waals surface area contributed by atoms with Crippen molar-refractivity contribution in [1.29, 1.82) is 0 Å². The van der Waals surface area contributed by atoms with Crippen LogP contribution in [-0.2, 0) is 11.3 Å². The molecule has 1 N–H and O–H groups in total. The molecule has 1 aliphatic rings. The lowest BCUT2D eigenvalue weighted by molar-refractivity contribution is -0.116. The largest absolute Gasteiger partial charge is 0.350 e. The number of fused-ring (bicyclic) bond motifs is 1. The van der Waals surface area contributed by atoms with Gasteiger partial charge in [-0.3, -0.25) is 9.59 Å². The summed E-state index contributed by atoms with van der Waals surface area (Å²) in [6, 6.07) is 13.9. The SMILES string of the molecule is CC[C@@H](C)NC(=O)c1ccc2c(c1)N(Cc1ccc(C)cc1)C(=O)CS2. The summed E-state index contributed by atoms with van der Waals surface area (Å²) < 4.78 is 0. The molecule has 0 unspecified atom stereocenters. The minimum absolute atomic E-state index is 0.0718. The van der Waals surface area contributed by atoms with Crippen LogP contribution in [0.1, 0.15) is 41.8 Å². The van der Waals surface area contributed by atoms with Crippen LogP contribution in [0.5, 0.6) is 0 Å². The van der Waals surface area contributed by atoms with E-state index in [0.29, 0.717) is 17.9 Å². The molecule has 2 amide bonds. The molecule has 0 bridgehead atoms. The Kier molecular flexibility index (Phi) is 5.67. The monoisotopic (exact) mass is 368 g/mol. The van der Waals surface area contributed by atoms with Crippen LogP contribution in [0.15, 0.2) is 47.4 Å². The number of nitrogens with zero attached hydrogens (tertiary/aromatic N) is 1. The minimum atomic E-state index is -0.0968. The van der Waals surface area contributed by atoms with Crippen LogP contribution >= 0.6 is 11.8 Å². The second-order valence-electron chi connectivity index (χ2n) is 6.72. The molecule has 4 nitrogen and oxygen atoms in total. The first-order valence-corrected chi connectivity index (χ1v) is 9.90. The summed E-state index contributed by atoms with van der Waals surface area (Å²) in [5.74, 6) is 0.403. The fourth-order valence-corrected chi connectivity index (χ4v) is 3.72. The molecule has 0 spiro atoms. The van der Waals surface area contributed by atoms with Gasteiger partial charge in [-0.15, -0.1) is 11.8 Å². The van der Waals surface area contributed by atoms with E-state index in [0.717, 1.165) is 22.6 Å². The number of hydrogen-bond acceptors (Lipinski definition) is 3. The summed E-state index contributed by atoms with van der Waals surface area (Å²) in [6.07, 6.45) is 0.880. The van der Waals surface area contributed by atoms with Crippen molar-refractivity contribution in [3.63, 3.8) is 0 Å². The predicted molar refractivity (Wildman–Crippen MR) is 107 cm³/mol. The van der Waals surface area contributed by atoms with Crippen molar-refractivity contribution >= 4 is 29.3 Å². The van der Waals surface area contributed by atoms with E-state index in [1.165, 1.54) is 17.3 Å². The lowest BCUT2D eigenvalue weighted by Crippen LogP contribution is -2.35. The van der Waals surface area contributed by atoms with Crippen molar-refractivity contribution < 1.29 is 9.59 Å². The highest BCUT2D eigenvalue weighted by Gasteiger charge is 2.26. The lowest BCUT2D eigenvalue weighted by Gasteiger charge is -2.29. The number of rotatable bonds is 5. The molecule has 0 radical (unpaired) electrons. The van der Waals surface area contributed by atoms with Gasteiger partial charge in [0.2, 0.25) is 5.91 Å². The van der Waals surface area contributed by atoms with Crippen LogP contribution < -0.4 is 10.2 Å². The van der Waals surface area contributed by atoms with Gasteiger partial charge in [0.1, 0.15) is 0 Å². The Balaban J connectivity index is 1.89. The Hall–Kier alpha value is -2.27. The minimum Gasteiger partial charge on any atom is -0.350 e. The highest BCUT2D eigenvalue weighted by molar-refractivity contribution is 8.00. The molecule has 0 saturated heterocycles. The maximum atomic E-state index is 12.5. The number of hydrogen-bond donors (Lipinski definition) is 1. The normalized spacial score (nSPS) is 14.7. The van der Waals surface area contributed by atoms with E-state index in [1.54, 1.807) is 4.90 Å². The molecule has 2 aromatic rings. The molecular weight excluding hydrogens is 344 g/mol. The molecule has 1 atom stereocenters. The second kappa shape index (κ2) is 7.96. The van der Waals surface area contributed by atoms with E-state index in [2.05, 4.69) is 17.4 Å². The molecule has 0 aliphatic carbocycles. The molecule has 0 fully saturated rings. The number of nitrogens with one attached hydrogen (secondary N) is 1. The van der Waals surface area contributed by atoms with Crippen molar-refractivity contribution in [3.8, 4) is 0 Å². The van der Waals surface area contributed by atoms with Crippen LogP contribution in [0.2, 0.25) is 0 Å². The van der Waals surface area contributed by atoms with Gasteiger partial charge in [0, 0.05) is 16.5 Å². The van der Waals surface area contributed by atoms with Crippen molar-refractivity contribution in [2.75, 3.05) is 10.7 Å². The van der Waals surface area contributed by atoms with Crippen LogP contribution in [0.4, 0.5) is 5.69 Å². The van der Waals surface area contributed by atoms with Crippen molar-refractivity contribution in [2.45, 2.75) is 44.7 Å². The van der Waals surface area contributed by atoms with Crippen LogP contribution in [0.3, 0.4) is 0 Å². The first-order valence-electron chi connectivity index (χ1n) is 8.91. The number of carbonyl (C=O) groups is 2. The van der Waals surface area contributed by atoms with Crippen molar-refractivity contribution in [1.82, 2.24) is 5.32 Å². The lowest BCUT2D eigenvalue weighted by atomic mass is 10.1. The summed E-state index contributed by atoms with van der Waals surface area (Å²) in [4.78, 5) is 27.8. The first-order chi connectivity index (χ1) is 12.5. The van der Waals surface area contributed by atoms with E-state index in [1.807, 2.05) is 51.1 Å². The number of carbonyl (C=O) groups excluding carboxylic acids is 2. The maximum absolute atomic E-state index is 12.5. The molecule has 3 rings (SSSR count). The van der Waals surface area contributed by atoms with E-state index in [9.17, 15) is 9.59 Å². The first kappa shape index (κ1) is 18.5.